The Morgan fingerprint density at radius 3 is 1.95 bits per heavy atom. The highest BCUT2D eigenvalue weighted by Gasteiger charge is 2.04. The van der Waals surface area contributed by atoms with Gasteiger partial charge in [-0.25, -0.2) is 8.78 Å². The Morgan fingerprint density at radius 1 is 1.00 bits per heavy atom. The molecule has 2 aromatic carbocycles. The van der Waals surface area contributed by atoms with Gasteiger partial charge in [-0.05, 0) is 65.2 Å². The number of benzene rings is 2. The lowest BCUT2D eigenvalue weighted by molar-refractivity contribution is 0.101. The number of rotatable bonds is 2. The largest absolute Gasteiger partial charge is 0.294 e. The number of hydrogen-bond donors (Lipinski definition) is 0. The molecule has 0 spiro atoms. The molecule has 0 bridgehead atoms. The molecule has 0 N–H and O–H groups in total. The molecule has 0 aliphatic rings. The van der Waals surface area contributed by atoms with Gasteiger partial charge in [0.15, 0.2) is 5.78 Å². The van der Waals surface area contributed by atoms with E-state index in [0.717, 1.165) is 16.5 Å². The van der Waals surface area contributed by atoms with Gasteiger partial charge in [0.1, 0.15) is 11.6 Å². The quantitative estimate of drug-likeness (QED) is 0.550. The molecule has 0 saturated carbocycles. The fraction of sp³-hybridized carbons (Fsp3) is 0.188. The lowest BCUT2D eigenvalue weighted by Gasteiger charge is -1.98. The molecule has 0 aromatic heterocycles. The summed E-state index contributed by atoms with van der Waals surface area (Å²) in [6.45, 7) is 3.48. The molecule has 0 atom stereocenters. The number of halogens is 4. The molecule has 112 valence electrons. The molecule has 0 aliphatic carbocycles. The predicted octanol–water partition coefficient (Wildman–Crippen LogP) is 5.94. The van der Waals surface area contributed by atoms with E-state index in [1.807, 2.05) is 6.92 Å². The van der Waals surface area contributed by atoms with Crippen molar-refractivity contribution >= 4 is 37.6 Å². The van der Waals surface area contributed by atoms with Gasteiger partial charge in [0, 0.05) is 14.5 Å². The van der Waals surface area contributed by atoms with Gasteiger partial charge in [-0.1, -0.05) is 28.9 Å². The summed E-state index contributed by atoms with van der Waals surface area (Å²) >= 11 is 6.35. The van der Waals surface area contributed by atoms with Gasteiger partial charge in [0.2, 0.25) is 0 Å². The Bertz CT molecular complexity index is 642. The van der Waals surface area contributed by atoms with E-state index < -0.39 is 0 Å². The molecule has 5 heteroatoms. The van der Waals surface area contributed by atoms with Gasteiger partial charge in [-0.2, -0.15) is 0 Å². The molecule has 0 saturated heterocycles. The van der Waals surface area contributed by atoms with E-state index in [0.29, 0.717) is 10.0 Å². The molecule has 0 aliphatic heterocycles. The summed E-state index contributed by atoms with van der Waals surface area (Å²) in [5.41, 5.74) is 1.65. The van der Waals surface area contributed by atoms with Crippen LogP contribution >= 0.6 is 31.9 Å². The maximum Gasteiger partial charge on any atom is 0.160 e. The standard InChI is InChI=1S/C8H6BrFO.C8H8BrF/c1-5(11)7-3-2-6(10)4-8(7)9;1-2-6-3-4-7(10)5-8(6)9/h2-4H,1H3;3-5H,2H2,1H3. The summed E-state index contributed by atoms with van der Waals surface area (Å²) in [5.74, 6) is -0.608. The summed E-state index contributed by atoms with van der Waals surface area (Å²) in [5, 5.41) is 0. The summed E-state index contributed by atoms with van der Waals surface area (Å²) in [7, 11) is 0. The van der Waals surface area contributed by atoms with Crippen molar-refractivity contribution in [2.75, 3.05) is 0 Å². The Balaban J connectivity index is 0.000000211. The van der Waals surface area contributed by atoms with Crippen LogP contribution in [0.5, 0.6) is 0 Å². The maximum atomic E-state index is 12.5. The maximum absolute atomic E-state index is 12.5. The highest BCUT2D eigenvalue weighted by atomic mass is 79.9. The third kappa shape index (κ3) is 5.67. The monoisotopic (exact) mass is 418 g/mol. The van der Waals surface area contributed by atoms with Gasteiger partial charge in [-0.15, -0.1) is 0 Å². The van der Waals surface area contributed by atoms with E-state index in [-0.39, 0.29) is 17.4 Å². The van der Waals surface area contributed by atoms with Crippen LogP contribution in [0.4, 0.5) is 8.78 Å². The van der Waals surface area contributed by atoms with Crippen molar-refractivity contribution in [2.24, 2.45) is 0 Å². The number of carbonyl (C=O) groups is 1. The lowest BCUT2D eigenvalue weighted by atomic mass is 10.1. The van der Waals surface area contributed by atoms with Crippen LogP contribution in [0.15, 0.2) is 45.3 Å². The SMILES string of the molecule is CC(=O)c1ccc(F)cc1Br.CCc1ccc(F)cc1Br. The second-order valence-corrected chi connectivity index (χ2v) is 5.98. The number of Topliss-reactive ketones (excluding diaryl/α,β-unsaturated/α-hetero) is 1. The minimum absolute atomic E-state index is 0.0723. The molecule has 0 fully saturated rings. The van der Waals surface area contributed by atoms with Crippen molar-refractivity contribution in [3.8, 4) is 0 Å². The number of ketones is 1. The Kier molecular flexibility index (Phi) is 7.18. The third-order valence-corrected chi connectivity index (χ3v) is 4.10. The zero-order chi connectivity index (χ0) is 16.0. The normalized spacial score (nSPS) is 9.81. The van der Waals surface area contributed by atoms with Crippen LogP contribution in [0.3, 0.4) is 0 Å². The topological polar surface area (TPSA) is 17.1 Å². The van der Waals surface area contributed by atoms with E-state index in [1.54, 1.807) is 6.07 Å². The summed E-state index contributed by atoms with van der Waals surface area (Å²) in [4.78, 5) is 10.8. The molecule has 0 amide bonds. The molecular formula is C16H14Br2F2O. The molecule has 2 aromatic rings. The number of hydrogen-bond acceptors (Lipinski definition) is 1. The number of aryl methyl sites for hydroxylation is 1. The first-order chi connectivity index (χ1) is 9.85. The third-order valence-electron chi connectivity index (χ3n) is 2.71. The van der Waals surface area contributed by atoms with Crippen LogP contribution in [-0.4, -0.2) is 5.78 Å². The van der Waals surface area contributed by atoms with E-state index in [4.69, 9.17) is 0 Å². The van der Waals surface area contributed by atoms with Crippen LogP contribution in [0.1, 0.15) is 29.8 Å². The van der Waals surface area contributed by atoms with Gasteiger partial charge >= 0.3 is 0 Å². The summed E-state index contributed by atoms with van der Waals surface area (Å²) < 4.78 is 26.3. The lowest BCUT2D eigenvalue weighted by Crippen LogP contribution is -1.93. The van der Waals surface area contributed by atoms with E-state index >= 15 is 0 Å². The highest BCUT2D eigenvalue weighted by Crippen LogP contribution is 2.18. The first-order valence-corrected chi connectivity index (χ1v) is 7.83. The summed E-state index contributed by atoms with van der Waals surface area (Å²) in [6.07, 6.45) is 0.931. The van der Waals surface area contributed by atoms with Gasteiger partial charge in [0.05, 0.1) is 0 Å². The molecule has 1 nitrogen and oxygen atoms in total. The average molecular weight is 420 g/mol. The highest BCUT2D eigenvalue weighted by molar-refractivity contribution is 9.10. The molecule has 0 heterocycles. The van der Waals surface area contributed by atoms with Crippen LogP contribution in [0.2, 0.25) is 0 Å². The van der Waals surface area contributed by atoms with Crippen LogP contribution in [0, 0.1) is 11.6 Å². The molecule has 0 radical (unpaired) electrons. The molecule has 2 rings (SSSR count). The fourth-order valence-corrected chi connectivity index (χ4v) is 2.84. The van der Waals surface area contributed by atoms with Gasteiger partial charge in [0.25, 0.3) is 0 Å². The van der Waals surface area contributed by atoms with Crippen molar-refractivity contribution in [3.63, 3.8) is 0 Å². The van der Waals surface area contributed by atoms with Crippen molar-refractivity contribution in [1.29, 1.82) is 0 Å². The van der Waals surface area contributed by atoms with E-state index in [2.05, 4.69) is 31.9 Å². The number of carbonyl (C=O) groups excluding carboxylic acids is 1. The van der Waals surface area contributed by atoms with E-state index in [1.165, 1.54) is 37.3 Å². The van der Waals surface area contributed by atoms with Crippen molar-refractivity contribution in [2.45, 2.75) is 20.3 Å². The van der Waals surface area contributed by atoms with Crippen molar-refractivity contribution in [1.82, 2.24) is 0 Å². The Morgan fingerprint density at radius 2 is 1.52 bits per heavy atom. The van der Waals surface area contributed by atoms with Crippen molar-refractivity contribution in [3.05, 3.63) is 68.1 Å². The second-order valence-electron chi connectivity index (χ2n) is 4.27. The minimum Gasteiger partial charge on any atom is -0.294 e. The second kappa shape index (κ2) is 8.39. The van der Waals surface area contributed by atoms with Crippen molar-refractivity contribution < 1.29 is 13.6 Å². The fourth-order valence-electron chi connectivity index (χ4n) is 1.58. The smallest absolute Gasteiger partial charge is 0.160 e. The van der Waals surface area contributed by atoms with Gasteiger partial charge in [-0.3, -0.25) is 4.79 Å². The predicted molar refractivity (Wildman–Crippen MR) is 87.6 cm³/mol. The average Bonchev–Trinajstić information content (AvgIpc) is 2.39. The zero-order valence-corrected chi connectivity index (χ0v) is 14.8. The zero-order valence-electron chi connectivity index (χ0n) is 11.6. The molecule has 0 unspecified atom stereocenters. The first-order valence-electron chi connectivity index (χ1n) is 6.25. The van der Waals surface area contributed by atoms with Crippen LogP contribution in [0.25, 0.3) is 0 Å². The summed E-state index contributed by atoms with van der Waals surface area (Å²) in [6, 6.07) is 8.75. The minimum atomic E-state index is -0.345. The van der Waals surface area contributed by atoms with Crippen LogP contribution < -0.4 is 0 Å². The first kappa shape index (κ1) is 18.0. The molecular weight excluding hydrogens is 406 g/mol. The van der Waals surface area contributed by atoms with Gasteiger partial charge < -0.3 is 0 Å². The van der Waals surface area contributed by atoms with Crippen LogP contribution in [-0.2, 0) is 6.42 Å². The van der Waals surface area contributed by atoms with E-state index in [9.17, 15) is 13.6 Å². The Hall–Kier alpha value is -1.07. The molecule has 21 heavy (non-hydrogen) atoms. The Labute approximate surface area is 139 Å².